The molecule has 94 valence electrons. The summed E-state index contributed by atoms with van der Waals surface area (Å²) in [5.74, 6) is 0.330. The first-order valence-electron chi connectivity index (χ1n) is 5.49. The molecule has 0 radical (unpaired) electrons. The van der Waals surface area contributed by atoms with Crippen molar-refractivity contribution in [1.29, 1.82) is 0 Å². The number of halogens is 2. The Morgan fingerprint density at radius 2 is 2.00 bits per heavy atom. The van der Waals surface area contributed by atoms with E-state index in [0.717, 1.165) is 21.7 Å². The molecule has 0 aliphatic heterocycles. The lowest BCUT2D eigenvalue weighted by atomic mass is 10.2. The summed E-state index contributed by atoms with van der Waals surface area (Å²) in [5, 5.41) is 0.578. The quantitative estimate of drug-likeness (QED) is 0.654. The average molecular weight is 282 g/mol. The molecule has 0 atom stereocenters. The molecule has 0 bridgehead atoms. The van der Waals surface area contributed by atoms with Crippen molar-refractivity contribution in [2.45, 2.75) is 17.6 Å². The lowest BCUT2D eigenvalue weighted by molar-refractivity contribution is 0.626. The number of benzene rings is 2. The van der Waals surface area contributed by atoms with Crippen LogP contribution in [-0.4, -0.2) is 0 Å². The van der Waals surface area contributed by atoms with E-state index in [1.54, 1.807) is 17.8 Å². The van der Waals surface area contributed by atoms with E-state index in [9.17, 15) is 4.39 Å². The van der Waals surface area contributed by atoms with Crippen LogP contribution in [-0.2, 0) is 5.75 Å². The number of anilines is 1. The van der Waals surface area contributed by atoms with E-state index < -0.39 is 0 Å². The van der Waals surface area contributed by atoms with E-state index >= 15 is 0 Å². The normalized spacial score (nSPS) is 10.6. The van der Waals surface area contributed by atoms with Gasteiger partial charge in [0, 0.05) is 21.4 Å². The maximum atomic E-state index is 13.1. The molecule has 2 rings (SSSR count). The average Bonchev–Trinajstić information content (AvgIpc) is 2.32. The molecule has 0 aromatic heterocycles. The summed E-state index contributed by atoms with van der Waals surface area (Å²) in [5.41, 5.74) is 8.57. The SMILES string of the molecule is Cc1ccc(SCc2cc(F)ccc2Cl)c(N)c1. The van der Waals surface area contributed by atoms with Crippen LogP contribution in [0.15, 0.2) is 41.3 Å². The van der Waals surface area contributed by atoms with Gasteiger partial charge in [0.2, 0.25) is 0 Å². The van der Waals surface area contributed by atoms with E-state index in [1.807, 2.05) is 25.1 Å². The summed E-state index contributed by atoms with van der Waals surface area (Å²) in [7, 11) is 0. The van der Waals surface area contributed by atoms with Gasteiger partial charge in [0.05, 0.1) is 0 Å². The van der Waals surface area contributed by atoms with Crippen LogP contribution < -0.4 is 5.73 Å². The Morgan fingerprint density at radius 1 is 1.22 bits per heavy atom. The molecule has 2 aromatic rings. The second kappa shape index (κ2) is 5.63. The van der Waals surface area contributed by atoms with Gasteiger partial charge in [-0.2, -0.15) is 0 Å². The van der Waals surface area contributed by atoms with E-state index in [-0.39, 0.29) is 5.82 Å². The van der Waals surface area contributed by atoms with Crippen LogP contribution in [0.1, 0.15) is 11.1 Å². The summed E-state index contributed by atoms with van der Waals surface area (Å²) in [6, 6.07) is 10.3. The first-order valence-corrected chi connectivity index (χ1v) is 6.85. The highest BCUT2D eigenvalue weighted by molar-refractivity contribution is 7.98. The predicted molar refractivity (Wildman–Crippen MR) is 76.6 cm³/mol. The van der Waals surface area contributed by atoms with Gasteiger partial charge in [0.1, 0.15) is 5.82 Å². The van der Waals surface area contributed by atoms with Crippen LogP contribution >= 0.6 is 23.4 Å². The Hall–Kier alpha value is -1.19. The van der Waals surface area contributed by atoms with Crippen molar-refractivity contribution < 1.29 is 4.39 Å². The molecule has 1 nitrogen and oxygen atoms in total. The van der Waals surface area contributed by atoms with Crippen molar-refractivity contribution >= 4 is 29.1 Å². The number of aryl methyl sites for hydroxylation is 1. The van der Waals surface area contributed by atoms with Crippen molar-refractivity contribution in [3.05, 3.63) is 58.4 Å². The predicted octanol–water partition coefficient (Wildman–Crippen LogP) is 4.66. The third-order valence-electron chi connectivity index (χ3n) is 2.56. The van der Waals surface area contributed by atoms with Gasteiger partial charge in [-0.3, -0.25) is 0 Å². The molecule has 0 aliphatic rings. The fraction of sp³-hybridized carbons (Fsp3) is 0.143. The second-order valence-electron chi connectivity index (χ2n) is 4.07. The largest absolute Gasteiger partial charge is 0.398 e. The molecular formula is C14H13ClFNS. The summed E-state index contributed by atoms with van der Waals surface area (Å²) in [4.78, 5) is 0.987. The minimum absolute atomic E-state index is 0.271. The van der Waals surface area contributed by atoms with Crippen LogP contribution in [0.25, 0.3) is 0 Å². The van der Waals surface area contributed by atoms with Gasteiger partial charge < -0.3 is 5.73 Å². The zero-order chi connectivity index (χ0) is 13.1. The number of nitrogens with two attached hydrogens (primary N) is 1. The molecular weight excluding hydrogens is 269 g/mol. The van der Waals surface area contributed by atoms with Gasteiger partial charge in [-0.1, -0.05) is 17.7 Å². The fourth-order valence-corrected chi connectivity index (χ4v) is 2.81. The Morgan fingerprint density at radius 3 is 2.72 bits per heavy atom. The topological polar surface area (TPSA) is 26.0 Å². The van der Waals surface area contributed by atoms with Crippen molar-refractivity contribution in [2.24, 2.45) is 0 Å². The van der Waals surface area contributed by atoms with E-state index in [1.165, 1.54) is 12.1 Å². The van der Waals surface area contributed by atoms with Crippen molar-refractivity contribution in [2.75, 3.05) is 5.73 Å². The molecule has 0 heterocycles. The van der Waals surface area contributed by atoms with Crippen molar-refractivity contribution in [3.63, 3.8) is 0 Å². The first kappa shape index (κ1) is 13.2. The Balaban J connectivity index is 2.13. The second-order valence-corrected chi connectivity index (χ2v) is 5.49. The molecule has 0 unspecified atom stereocenters. The smallest absolute Gasteiger partial charge is 0.123 e. The highest BCUT2D eigenvalue weighted by Crippen LogP contribution is 2.31. The Kier molecular flexibility index (Phi) is 4.15. The first-order chi connectivity index (χ1) is 8.56. The molecule has 4 heteroatoms. The van der Waals surface area contributed by atoms with Gasteiger partial charge in [-0.25, -0.2) is 4.39 Å². The fourth-order valence-electron chi connectivity index (χ4n) is 1.61. The molecule has 0 aliphatic carbocycles. The van der Waals surface area contributed by atoms with Crippen molar-refractivity contribution in [1.82, 2.24) is 0 Å². The summed E-state index contributed by atoms with van der Waals surface area (Å²) >= 11 is 7.57. The van der Waals surface area contributed by atoms with Crippen molar-refractivity contribution in [3.8, 4) is 0 Å². The number of nitrogen functional groups attached to an aromatic ring is 1. The third-order valence-corrected chi connectivity index (χ3v) is 4.06. The van der Waals surface area contributed by atoms with Crippen LogP contribution in [0.3, 0.4) is 0 Å². The van der Waals surface area contributed by atoms with E-state index in [4.69, 9.17) is 17.3 Å². The number of hydrogen-bond acceptors (Lipinski definition) is 2. The Labute approximate surface area is 115 Å². The molecule has 0 saturated carbocycles. The van der Waals surface area contributed by atoms with Gasteiger partial charge in [-0.05, 0) is 48.4 Å². The lowest BCUT2D eigenvalue weighted by Crippen LogP contribution is -1.91. The molecule has 18 heavy (non-hydrogen) atoms. The summed E-state index contributed by atoms with van der Waals surface area (Å²) < 4.78 is 13.1. The monoisotopic (exact) mass is 281 g/mol. The minimum Gasteiger partial charge on any atom is -0.398 e. The lowest BCUT2D eigenvalue weighted by Gasteiger charge is -2.07. The molecule has 0 amide bonds. The van der Waals surface area contributed by atoms with Crippen LogP contribution in [0, 0.1) is 12.7 Å². The van der Waals surface area contributed by atoms with Gasteiger partial charge in [0.25, 0.3) is 0 Å². The summed E-state index contributed by atoms with van der Waals surface area (Å²) in [6.45, 7) is 1.99. The third kappa shape index (κ3) is 3.18. The number of thioether (sulfide) groups is 1. The van der Waals surface area contributed by atoms with Crippen LogP contribution in [0.5, 0.6) is 0 Å². The van der Waals surface area contributed by atoms with Gasteiger partial charge in [-0.15, -0.1) is 11.8 Å². The van der Waals surface area contributed by atoms with Gasteiger partial charge >= 0.3 is 0 Å². The highest BCUT2D eigenvalue weighted by atomic mass is 35.5. The standard InChI is InChI=1S/C14H13ClFNS/c1-9-2-5-14(13(17)6-9)18-8-10-7-11(16)3-4-12(10)15/h2-7H,8,17H2,1H3. The molecule has 0 fully saturated rings. The molecule has 0 spiro atoms. The maximum Gasteiger partial charge on any atom is 0.123 e. The summed E-state index contributed by atoms with van der Waals surface area (Å²) in [6.07, 6.45) is 0. The zero-order valence-corrected chi connectivity index (χ0v) is 11.5. The maximum absolute atomic E-state index is 13.1. The minimum atomic E-state index is -0.271. The van der Waals surface area contributed by atoms with Crippen LogP contribution in [0.2, 0.25) is 5.02 Å². The van der Waals surface area contributed by atoms with Crippen LogP contribution in [0.4, 0.5) is 10.1 Å². The van der Waals surface area contributed by atoms with E-state index in [0.29, 0.717) is 10.8 Å². The molecule has 0 saturated heterocycles. The Bertz CT molecular complexity index is 572. The highest BCUT2D eigenvalue weighted by Gasteiger charge is 2.05. The molecule has 2 N–H and O–H groups in total. The van der Waals surface area contributed by atoms with Gasteiger partial charge in [0.15, 0.2) is 0 Å². The van der Waals surface area contributed by atoms with E-state index in [2.05, 4.69) is 0 Å². The number of rotatable bonds is 3. The molecule has 2 aromatic carbocycles. The number of hydrogen-bond donors (Lipinski definition) is 1. The zero-order valence-electron chi connectivity index (χ0n) is 9.91.